The highest BCUT2D eigenvalue weighted by Crippen LogP contribution is 2.23. The number of hydrogen-bond donors (Lipinski definition) is 1. The maximum atomic E-state index is 9.64. The fourth-order valence-electron chi connectivity index (χ4n) is 2.71. The molecule has 0 aliphatic carbocycles. The van der Waals surface area contributed by atoms with Crippen LogP contribution in [0.1, 0.15) is 59.3 Å². The molecule has 0 radical (unpaired) electrons. The van der Waals surface area contributed by atoms with Gasteiger partial charge in [0.15, 0.2) is 0 Å². The Morgan fingerprint density at radius 1 is 1.33 bits per heavy atom. The number of rotatable bonds is 6. The van der Waals surface area contributed by atoms with E-state index in [9.17, 15) is 5.11 Å². The summed E-state index contributed by atoms with van der Waals surface area (Å²) in [6, 6.07) is 0.556. The summed E-state index contributed by atoms with van der Waals surface area (Å²) in [7, 11) is 1.79. The summed E-state index contributed by atoms with van der Waals surface area (Å²) in [5.74, 6) is 0. The summed E-state index contributed by atoms with van der Waals surface area (Å²) in [5.41, 5.74) is -0.0400. The average Bonchev–Trinajstić information content (AvgIpc) is 2.51. The molecular formula is C15H31NO2. The lowest BCUT2D eigenvalue weighted by atomic mass is 10.0. The van der Waals surface area contributed by atoms with Crippen LogP contribution in [0.3, 0.4) is 0 Å². The molecular weight excluding hydrogens is 226 g/mol. The lowest BCUT2D eigenvalue weighted by Gasteiger charge is -2.33. The van der Waals surface area contributed by atoms with Crippen LogP contribution in [0.25, 0.3) is 0 Å². The molecule has 2 atom stereocenters. The van der Waals surface area contributed by atoms with E-state index in [4.69, 9.17) is 4.74 Å². The zero-order valence-electron chi connectivity index (χ0n) is 12.6. The molecule has 1 aliphatic rings. The summed E-state index contributed by atoms with van der Waals surface area (Å²) in [5, 5.41) is 9.64. The van der Waals surface area contributed by atoms with Gasteiger partial charge in [0.05, 0.1) is 11.7 Å². The lowest BCUT2D eigenvalue weighted by Crippen LogP contribution is -2.40. The minimum atomic E-state index is -0.189. The number of nitrogens with zero attached hydrogens (tertiary/aromatic N) is 1. The van der Waals surface area contributed by atoms with Crippen LogP contribution < -0.4 is 0 Å². The van der Waals surface area contributed by atoms with Crippen molar-refractivity contribution in [2.75, 3.05) is 20.2 Å². The van der Waals surface area contributed by atoms with Crippen molar-refractivity contribution in [3.8, 4) is 0 Å². The Bertz CT molecular complexity index is 229. The second-order valence-electron chi connectivity index (χ2n) is 6.34. The van der Waals surface area contributed by atoms with Crippen LogP contribution in [0.15, 0.2) is 0 Å². The highest BCUT2D eigenvalue weighted by molar-refractivity contribution is 4.79. The monoisotopic (exact) mass is 257 g/mol. The molecule has 0 bridgehead atoms. The van der Waals surface area contributed by atoms with Gasteiger partial charge in [-0.1, -0.05) is 12.8 Å². The largest absolute Gasteiger partial charge is 0.393 e. The fraction of sp³-hybridized carbons (Fsp3) is 1.00. The molecule has 108 valence electrons. The van der Waals surface area contributed by atoms with Gasteiger partial charge < -0.3 is 14.7 Å². The first kappa shape index (κ1) is 15.9. The molecule has 1 rings (SSSR count). The van der Waals surface area contributed by atoms with E-state index in [1.165, 1.54) is 32.2 Å². The third-order valence-electron chi connectivity index (χ3n) is 4.17. The standard InChI is InChI=1S/C15H31NO2/c1-13(17)12-14-8-6-5-7-10-16(14)11-9-15(2,3)18-4/h13-14,17H,5-12H2,1-4H3. The minimum Gasteiger partial charge on any atom is -0.393 e. The smallest absolute Gasteiger partial charge is 0.0634 e. The van der Waals surface area contributed by atoms with Crippen LogP contribution in [0.5, 0.6) is 0 Å². The number of ether oxygens (including phenoxy) is 1. The van der Waals surface area contributed by atoms with Crippen molar-refractivity contribution in [2.24, 2.45) is 0 Å². The normalized spacial score (nSPS) is 24.8. The summed E-state index contributed by atoms with van der Waals surface area (Å²) in [6.07, 6.45) is 6.95. The molecule has 0 aromatic rings. The molecule has 1 N–H and O–H groups in total. The van der Waals surface area contributed by atoms with Crippen LogP contribution in [0.4, 0.5) is 0 Å². The maximum Gasteiger partial charge on any atom is 0.0634 e. The van der Waals surface area contributed by atoms with E-state index in [2.05, 4.69) is 18.7 Å². The molecule has 0 saturated carbocycles. The first-order valence-corrected chi connectivity index (χ1v) is 7.42. The molecule has 0 spiro atoms. The van der Waals surface area contributed by atoms with E-state index < -0.39 is 0 Å². The Kier molecular flexibility index (Phi) is 6.61. The van der Waals surface area contributed by atoms with Gasteiger partial charge in [0.25, 0.3) is 0 Å². The molecule has 18 heavy (non-hydrogen) atoms. The van der Waals surface area contributed by atoms with Crippen molar-refractivity contribution in [1.82, 2.24) is 4.90 Å². The van der Waals surface area contributed by atoms with Crippen molar-refractivity contribution < 1.29 is 9.84 Å². The molecule has 0 aromatic heterocycles. The quantitative estimate of drug-likeness (QED) is 0.794. The van der Waals surface area contributed by atoms with Gasteiger partial charge in [-0.3, -0.25) is 0 Å². The molecule has 1 aliphatic heterocycles. The van der Waals surface area contributed by atoms with Crippen LogP contribution in [-0.2, 0) is 4.74 Å². The number of hydrogen-bond acceptors (Lipinski definition) is 3. The minimum absolute atomic E-state index is 0.0400. The Labute approximate surface area is 113 Å². The number of aliphatic hydroxyl groups excluding tert-OH is 1. The number of likely N-dealkylation sites (tertiary alicyclic amines) is 1. The van der Waals surface area contributed by atoms with E-state index in [0.29, 0.717) is 6.04 Å². The van der Waals surface area contributed by atoms with E-state index in [0.717, 1.165) is 19.4 Å². The zero-order valence-corrected chi connectivity index (χ0v) is 12.6. The SMILES string of the molecule is COC(C)(C)CCN1CCCCCC1CC(C)O. The average molecular weight is 257 g/mol. The topological polar surface area (TPSA) is 32.7 Å². The van der Waals surface area contributed by atoms with Crippen molar-refractivity contribution in [2.45, 2.75) is 77.0 Å². The molecule has 1 fully saturated rings. The second-order valence-corrected chi connectivity index (χ2v) is 6.34. The third kappa shape index (κ3) is 5.68. The van der Waals surface area contributed by atoms with Crippen molar-refractivity contribution in [3.63, 3.8) is 0 Å². The van der Waals surface area contributed by atoms with E-state index >= 15 is 0 Å². The summed E-state index contributed by atoms with van der Waals surface area (Å²) < 4.78 is 5.50. The summed E-state index contributed by atoms with van der Waals surface area (Å²) >= 11 is 0. The predicted octanol–water partition coefficient (Wildman–Crippen LogP) is 2.82. The Balaban J connectivity index is 2.51. The molecule has 2 unspecified atom stereocenters. The Hall–Kier alpha value is -0.120. The zero-order chi connectivity index (χ0) is 13.6. The molecule has 0 amide bonds. The van der Waals surface area contributed by atoms with Crippen molar-refractivity contribution in [3.05, 3.63) is 0 Å². The van der Waals surface area contributed by atoms with E-state index in [-0.39, 0.29) is 11.7 Å². The van der Waals surface area contributed by atoms with Crippen molar-refractivity contribution >= 4 is 0 Å². The van der Waals surface area contributed by atoms with E-state index in [1.807, 2.05) is 6.92 Å². The Morgan fingerprint density at radius 2 is 2.06 bits per heavy atom. The lowest BCUT2D eigenvalue weighted by molar-refractivity contribution is 0.00181. The molecule has 3 nitrogen and oxygen atoms in total. The second kappa shape index (κ2) is 7.46. The van der Waals surface area contributed by atoms with Gasteiger partial charge in [0.1, 0.15) is 0 Å². The number of aliphatic hydroxyl groups is 1. The highest BCUT2D eigenvalue weighted by Gasteiger charge is 2.25. The van der Waals surface area contributed by atoms with Crippen LogP contribution in [-0.4, -0.2) is 48.0 Å². The van der Waals surface area contributed by atoms with Gasteiger partial charge in [-0.2, -0.15) is 0 Å². The van der Waals surface area contributed by atoms with Gasteiger partial charge in [0.2, 0.25) is 0 Å². The van der Waals surface area contributed by atoms with Gasteiger partial charge in [0, 0.05) is 19.7 Å². The fourth-order valence-corrected chi connectivity index (χ4v) is 2.71. The molecule has 1 heterocycles. The number of methoxy groups -OCH3 is 1. The van der Waals surface area contributed by atoms with Crippen LogP contribution >= 0.6 is 0 Å². The molecule has 1 saturated heterocycles. The Morgan fingerprint density at radius 3 is 2.67 bits per heavy atom. The first-order valence-electron chi connectivity index (χ1n) is 7.42. The van der Waals surface area contributed by atoms with E-state index in [1.54, 1.807) is 7.11 Å². The van der Waals surface area contributed by atoms with Crippen LogP contribution in [0.2, 0.25) is 0 Å². The first-order chi connectivity index (χ1) is 8.44. The van der Waals surface area contributed by atoms with Gasteiger partial charge in [-0.15, -0.1) is 0 Å². The maximum absolute atomic E-state index is 9.64. The van der Waals surface area contributed by atoms with Gasteiger partial charge in [-0.25, -0.2) is 0 Å². The molecule has 3 heteroatoms. The van der Waals surface area contributed by atoms with Crippen molar-refractivity contribution in [1.29, 1.82) is 0 Å². The summed E-state index contributed by atoms with van der Waals surface area (Å²) in [6.45, 7) is 8.46. The van der Waals surface area contributed by atoms with Gasteiger partial charge >= 0.3 is 0 Å². The third-order valence-corrected chi connectivity index (χ3v) is 4.17. The predicted molar refractivity (Wildman–Crippen MR) is 75.8 cm³/mol. The van der Waals surface area contributed by atoms with Crippen LogP contribution in [0, 0.1) is 0 Å². The molecule has 0 aromatic carbocycles. The highest BCUT2D eigenvalue weighted by atomic mass is 16.5. The van der Waals surface area contributed by atoms with Gasteiger partial charge in [-0.05, 0) is 53.0 Å². The summed E-state index contributed by atoms with van der Waals surface area (Å²) in [4.78, 5) is 2.57.